The van der Waals surface area contributed by atoms with Gasteiger partial charge in [-0.3, -0.25) is 19.4 Å². The number of aliphatic hydroxyl groups is 1. The van der Waals surface area contributed by atoms with Crippen molar-refractivity contribution in [2.45, 2.75) is 121 Å². The van der Waals surface area contributed by atoms with Crippen LogP contribution in [0.25, 0.3) is 11.3 Å². The SMILES string of the molecule is C=C1CCC(c2cccc(C#CCOC3CCN(C(=O)C4CCCCC4)CC3)c2)C(=O)N1.CC(C)(O)Cn1cc(-c2nc(NC3CCN(SN)CC3)ncc2C(F)(F)F)cn1. The number of nitrogens with one attached hydrogen (secondary N) is 2. The maximum Gasteiger partial charge on any atom is 0.419 e. The molecule has 13 nitrogen and oxygen atoms in total. The van der Waals surface area contributed by atoms with E-state index in [0.29, 0.717) is 12.5 Å². The summed E-state index contributed by atoms with van der Waals surface area (Å²) in [5.41, 5.74) is 0.677. The van der Waals surface area contributed by atoms with E-state index in [2.05, 4.69) is 44.1 Å². The number of amides is 2. The molecule has 0 radical (unpaired) electrons. The van der Waals surface area contributed by atoms with Crippen LogP contribution in [-0.2, 0) is 27.0 Å². The fourth-order valence-electron chi connectivity index (χ4n) is 8.21. The molecule has 61 heavy (non-hydrogen) atoms. The molecule has 4 fully saturated rings. The van der Waals surface area contributed by atoms with Crippen molar-refractivity contribution in [1.29, 1.82) is 0 Å². The number of benzene rings is 1. The monoisotopic (exact) mass is 865 g/mol. The first-order valence-electron chi connectivity index (χ1n) is 21.2. The maximum atomic E-state index is 13.5. The zero-order valence-corrected chi connectivity index (χ0v) is 35.9. The lowest BCUT2D eigenvalue weighted by Crippen LogP contribution is -2.44. The number of halogens is 3. The van der Waals surface area contributed by atoms with Crippen molar-refractivity contribution in [3.8, 4) is 23.1 Å². The number of anilines is 1. The first-order valence-corrected chi connectivity index (χ1v) is 22.0. The Morgan fingerprint density at radius 1 is 1.07 bits per heavy atom. The number of piperidine rings is 3. The Labute approximate surface area is 360 Å². The molecule has 1 atom stereocenters. The van der Waals surface area contributed by atoms with E-state index in [4.69, 9.17) is 9.88 Å². The molecule has 330 valence electrons. The van der Waals surface area contributed by atoms with Crippen molar-refractivity contribution in [3.05, 3.63) is 71.8 Å². The lowest BCUT2D eigenvalue weighted by atomic mass is 9.88. The van der Waals surface area contributed by atoms with Crippen molar-refractivity contribution >= 4 is 29.9 Å². The number of hydrogen-bond acceptors (Lipinski definition) is 11. The maximum absolute atomic E-state index is 13.5. The van der Waals surface area contributed by atoms with Crippen LogP contribution in [0.5, 0.6) is 0 Å². The van der Waals surface area contributed by atoms with Gasteiger partial charge in [-0.25, -0.2) is 14.3 Å². The zero-order chi connectivity index (χ0) is 43.6. The van der Waals surface area contributed by atoms with Crippen molar-refractivity contribution < 1.29 is 32.6 Å². The molecule has 4 aliphatic rings. The normalized spacial score (nSPS) is 20.0. The summed E-state index contributed by atoms with van der Waals surface area (Å²) >= 11 is 1.19. The second-order valence-electron chi connectivity index (χ2n) is 16.9. The number of nitrogens with two attached hydrogens (primary N) is 1. The van der Waals surface area contributed by atoms with Gasteiger partial charge in [-0.2, -0.15) is 18.3 Å². The highest BCUT2D eigenvalue weighted by atomic mass is 32.2. The number of allylic oxidation sites excluding steroid dienone is 1. The summed E-state index contributed by atoms with van der Waals surface area (Å²) < 4.78 is 49.9. The molecule has 1 aliphatic carbocycles. The van der Waals surface area contributed by atoms with Gasteiger partial charge in [0.2, 0.25) is 17.8 Å². The number of carbonyl (C=O) groups excluding carboxylic acids is 2. The van der Waals surface area contributed by atoms with Gasteiger partial charge in [0.1, 0.15) is 12.2 Å². The average molecular weight is 866 g/mol. The lowest BCUT2D eigenvalue weighted by Gasteiger charge is -2.34. The number of rotatable bonds is 10. The molecule has 3 saturated heterocycles. The summed E-state index contributed by atoms with van der Waals surface area (Å²) in [6.45, 7) is 10.7. The molecule has 5 N–H and O–H groups in total. The lowest BCUT2D eigenvalue weighted by molar-refractivity contribution is -0.139. The van der Waals surface area contributed by atoms with E-state index in [1.165, 1.54) is 48.5 Å². The van der Waals surface area contributed by atoms with Crippen LogP contribution < -0.4 is 15.8 Å². The summed E-state index contributed by atoms with van der Waals surface area (Å²) in [7, 11) is 0. The highest BCUT2D eigenvalue weighted by molar-refractivity contribution is 7.94. The Hall–Kier alpha value is -4.47. The minimum Gasteiger partial charge on any atom is -0.389 e. The van der Waals surface area contributed by atoms with Crippen LogP contribution in [0, 0.1) is 17.8 Å². The predicted octanol–water partition coefficient (Wildman–Crippen LogP) is 6.66. The van der Waals surface area contributed by atoms with Crippen LogP contribution in [0.2, 0.25) is 0 Å². The van der Waals surface area contributed by atoms with Gasteiger partial charge in [0.15, 0.2) is 0 Å². The van der Waals surface area contributed by atoms with Crippen LogP contribution >= 0.6 is 12.1 Å². The fourth-order valence-corrected chi connectivity index (χ4v) is 8.63. The topological polar surface area (TPSA) is 164 Å². The van der Waals surface area contributed by atoms with E-state index in [9.17, 15) is 27.9 Å². The Balaban J connectivity index is 0.000000205. The van der Waals surface area contributed by atoms with E-state index in [0.717, 1.165) is 101 Å². The molecule has 17 heteroatoms. The fraction of sp³-hybridized carbons (Fsp3) is 0.568. The van der Waals surface area contributed by atoms with Crippen molar-refractivity contribution in [2.24, 2.45) is 11.1 Å². The molecule has 0 spiro atoms. The third kappa shape index (κ3) is 13.5. The first kappa shape index (κ1) is 46.0. The summed E-state index contributed by atoms with van der Waals surface area (Å²) in [5, 5.41) is 25.5. The largest absolute Gasteiger partial charge is 0.419 e. The third-order valence-corrected chi connectivity index (χ3v) is 12.1. The van der Waals surface area contributed by atoms with Crippen LogP contribution in [0.3, 0.4) is 0 Å². The molecule has 2 amide bonds. The van der Waals surface area contributed by atoms with E-state index in [1.54, 1.807) is 13.8 Å². The van der Waals surface area contributed by atoms with Crippen LogP contribution in [-0.4, -0.2) is 96.4 Å². The van der Waals surface area contributed by atoms with Gasteiger partial charge in [-0.1, -0.05) is 49.8 Å². The molecule has 7 rings (SSSR count). The summed E-state index contributed by atoms with van der Waals surface area (Å²) in [6, 6.07) is 7.96. The summed E-state index contributed by atoms with van der Waals surface area (Å²) in [6.07, 6.45) is 9.84. The number of likely N-dealkylation sites (tertiary alicyclic amines) is 1. The van der Waals surface area contributed by atoms with Gasteiger partial charge in [0.05, 0.1) is 36.1 Å². The Morgan fingerprint density at radius 2 is 1.80 bits per heavy atom. The highest BCUT2D eigenvalue weighted by Gasteiger charge is 2.36. The number of nitrogens with zero attached hydrogens (tertiary/aromatic N) is 6. The first-order chi connectivity index (χ1) is 29.1. The second kappa shape index (κ2) is 21.1. The molecule has 1 saturated carbocycles. The van der Waals surface area contributed by atoms with E-state index >= 15 is 0 Å². The standard InChI is InChI=1S/C27H34N2O3.C17H24F3N7OS/c1-20-12-13-25(26(30)28-20)23-11-5-7-21(19-23)8-6-18-32-24-14-16-29(17-15-24)27(31)22-9-3-2-4-10-22;1-16(2,28)10-26-9-11(7-23-26)14-13(17(18,19)20)8-22-15(25-14)24-12-3-5-27(29-21)6-4-12/h5,7,11,19,22,24-25H,1-4,9-10,12-18H2,(H,28,30);7-9,12,28H,3-6,10,21H2,1-2H3,(H,22,24,25). The molecule has 0 bridgehead atoms. The number of carbonyl (C=O) groups is 2. The van der Waals surface area contributed by atoms with Crippen molar-refractivity contribution in [1.82, 2.24) is 34.3 Å². The molecular formula is C44H58F3N9O4S. The van der Waals surface area contributed by atoms with Gasteiger partial charge in [0, 0.05) is 79.5 Å². The number of aromatic nitrogens is 4. The minimum absolute atomic E-state index is 0.0167. The smallest absolute Gasteiger partial charge is 0.389 e. The molecule has 5 heterocycles. The number of hydrogen-bond donors (Lipinski definition) is 4. The van der Waals surface area contributed by atoms with Crippen LogP contribution in [0.1, 0.15) is 107 Å². The van der Waals surface area contributed by atoms with E-state index in [1.807, 2.05) is 33.5 Å². The molecule has 2 aromatic heterocycles. The average Bonchev–Trinajstić information content (AvgIpc) is 3.70. The highest BCUT2D eigenvalue weighted by Crippen LogP contribution is 2.36. The number of alkyl halides is 3. The van der Waals surface area contributed by atoms with E-state index < -0.39 is 17.3 Å². The Kier molecular flexibility index (Phi) is 15.9. The Bertz CT molecular complexity index is 2020. The second-order valence-corrected chi connectivity index (χ2v) is 17.7. The quantitative estimate of drug-likeness (QED) is 0.127. The van der Waals surface area contributed by atoms with Gasteiger partial charge in [0.25, 0.3) is 0 Å². The van der Waals surface area contributed by atoms with E-state index in [-0.39, 0.29) is 53.6 Å². The molecule has 3 aliphatic heterocycles. The molecule has 1 aromatic carbocycles. The molecule has 3 aromatic rings. The third-order valence-electron chi connectivity index (χ3n) is 11.5. The minimum atomic E-state index is -4.60. The van der Waals surface area contributed by atoms with Crippen molar-refractivity contribution in [2.75, 3.05) is 38.1 Å². The van der Waals surface area contributed by atoms with Gasteiger partial charge in [-0.05, 0) is 82.9 Å². The van der Waals surface area contributed by atoms with Crippen LogP contribution in [0.4, 0.5) is 19.1 Å². The molecule has 1 unspecified atom stereocenters. The molecular weight excluding hydrogens is 808 g/mol. The van der Waals surface area contributed by atoms with Crippen LogP contribution in [0.15, 0.2) is 55.1 Å². The summed E-state index contributed by atoms with van der Waals surface area (Å²) in [5.74, 6) is 6.91. The summed E-state index contributed by atoms with van der Waals surface area (Å²) in [4.78, 5) is 35.0. The number of ether oxygens (including phenoxy) is 1. The van der Waals surface area contributed by atoms with Gasteiger partial charge < -0.3 is 25.4 Å². The Morgan fingerprint density at radius 3 is 2.48 bits per heavy atom. The predicted molar refractivity (Wildman–Crippen MR) is 229 cm³/mol. The van der Waals surface area contributed by atoms with Gasteiger partial charge in [-0.15, -0.1) is 0 Å². The van der Waals surface area contributed by atoms with Gasteiger partial charge >= 0.3 is 6.18 Å². The van der Waals surface area contributed by atoms with Crippen molar-refractivity contribution in [3.63, 3.8) is 0 Å². The zero-order valence-electron chi connectivity index (χ0n) is 35.1.